The summed E-state index contributed by atoms with van der Waals surface area (Å²) in [6.45, 7) is 1.32. The van der Waals surface area contributed by atoms with Crippen LogP contribution in [0.1, 0.15) is 10.4 Å². The molecule has 1 rings (SSSR count). The molecule has 1 N–H and O–H groups in total. The monoisotopic (exact) mass is 304 g/mol. The van der Waals surface area contributed by atoms with Crippen LogP contribution >= 0.6 is 11.6 Å². The summed E-state index contributed by atoms with van der Waals surface area (Å²) in [7, 11) is 5.54. The number of hydrogen-bond acceptors (Lipinski definition) is 3. The molecule has 106 valence electrons. The largest absolute Gasteiger partial charge is 0.340 e. The van der Waals surface area contributed by atoms with Gasteiger partial charge in [-0.3, -0.25) is 4.79 Å². The molecule has 0 aromatic heterocycles. The molecule has 0 aliphatic rings. The zero-order valence-corrected chi connectivity index (χ0v) is 12.7. The minimum atomic E-state index is -2.20. The second kappa shape index (κ2) is 7.00. The summed E-state index contributed by atoms with van der Waals surface area (Å²) in [4.78, 5) is 15.7. The Morgan fingerprint density at radius 1 is 1.32 bits per heavy atom. The van der Waals surface area contributed by atoms with Gasteiger partial charge in [-0.2, -0.15) is 0 Å². The van der Waals surface area contributed by atoms with Crippen LogP contribution in [0.15, 0.2) is 23.1 Å². The van der Waals surface area contributed by atoms with E-state index in [2.05, 4.69) is 0 Å². The Kier molecular flexibility index (Phi) is 5.93. The number of halogens is 1. The molecular formula is C12H17ClN2O3S. The van der Waals surface area contributed by atoms with Crippen LogP contribution in [0.25, 0.3) is 0 Å². The van der Waals surface area contributed by atoms with Crippen molar-refractivity contribution in [1.29, 1.82) is 0 Å². The van der Waals surface area contributed by atoms with E-state index in [1.807, 2.05) is 19.0 Å². The van der Waals surface area contributed by atoms with Gasteiger partial charge in [0.2, 0.25) is 0 Å². The van der Waals surface area contributed by atoms with Crippen molar-refractivity contribution >= 4 is 28.6 Å². The number of rotatable bonds is 5. The van der Waals surface area contributed by atoms with Gasteiger partial charge in [-0.15, -0.1) is 0 Å². The van der Waals surface area contributed by atoms with Gasteiger partial charge in [0.15, 0.2) is 11.1 Å². The number of carbonyl (C=O) groups is 1. The maximum Gasteiger partial charge on any atom is 0.253 e. The molecule has 0 saturated heterocycles. The Morgan fingerprint density at radius 3 is 2.47 bits per heavy atom. The van der Waals surface area contributed by atoms with Gasteiger partial charge in [-0.05, 0) is 32.3 Å². The minimum absolute atomic E-state index is 0.0496. The Labute approximate surface area is 120 Å². The molecule has 7 heteroatoms. The van der Waals surface area contributed by atoms with Crippen LogP contribution in [0.5, 0.6) is 0 Å². The topological polar surface area (TPSA) is 60.9 Å². The third-order valence-electron chi connectivity index (χ3n) is 2.60. The first-order chi connectivity index (χ1) is 8.82. The number of likely N-dealkylation sites (N-methyl/N-ethyl adjacent to an activating group) is 2. The zero-order valence-electron chi connectivity index (χ0n) is 11.1. The third kappa shape index (κ3) is 4.58. The van der Waals surface area contributed by atoms with Gasteiger partial charge in [0.25, 0.3) is 5.91 Å². The molecule has 0 spiro atoms. The summed E-state index contributed by atoms with van der Waals surface area (Å²) in [5.74, 6) is -0.204. The van der Waals surface area contributed by atoms with E-state index in [9.17, 15) is 9.00 Å². The molecule has 5 nitrogen and oxygen atoms in total. The summed E-state index contributed by atoms with van der Waals surface area (Å²) >= 11 is 3.59. The Bertz CT molecular complexity index is 494. The number of amides is 1. The quantitative estimate of drug-likeness (QED) is 0.839. The van der Waals surface area contributed by atoms with E-state index in [0.29, 0.717) is 12.1 Å². The lowest BCUT2D eigenvalue weighted by Gasteiger charge is -2.20. The first-order valence-corrected chi connectivity index (χ1v) is 7.12. The lowest BCUT2D eigenvalue weighted by atomic mass is 10.2. The molecule has 0 heterocycles. The average Bonchev–Trinajstić information content (AvgIpc) is 2.35. The van der Waals surface area contributed by atoms with Crippen molar-refractivity contribution in [3.05, 3.63) is 28.8 Å². The van der Waals surface area contributed by atoms with E-state index in [-0.39, 0.29) is 15.8 Å². The van der Waals surface area contributed by atoms with Crippen LogP contribution in [-0.2, 0) is 11.1 Å². The van der Waals surface area contributed by atoms with Crippen LogP contribution in [0, 0.1) is 0 Å². The SMILES string of the molecule is CN(C)CCN(C)C(=O)c1ccc(Cl)c(S(=O)O)c1. The fourth-order valence-corrected chi connectivity index (χ4v) is 2.22. The predicted octanol–water partition coefficient (Wildman–Crippen LogP) is 1.55. The lowest BCUT2D eigenvalue weighted by Crippen LogP contribution is -2.33. The molecule has 1 amide bonds. The zero-order chi connectivity index (χ0) is 14.6. The van der Waals surface area contributed by atoms with Gasteiger partial charge in [-0.25, -0.2) is 4.21 Å². The third-order valence-corrected chi connectivity index (χ3v) is 3.75. The second-order valence-corrected chi connectivity index (χ2v) is 5.77. The molecule has 0 bridgehead atoms. The van der Waals surface area contributed by atoms with Gasteiger partial charge in [0.05, 0.1) is 9.92 Å². The molecule has 0 fully saturated rings. The normalized spacial score (nSPS) is 12.5. The Morgan fingerprint density at radius 2 is 1.95 bits per heavy atom. The molecule has 1 atom stereocenters. The van der Waals surface area contributed by atoms with Crippen molar-refractivity contribution < 1.29 is 13.6 Å². The highest BCUT2D eigenvalue weighted by Crippen LogP contribution is 2.21. The summed E-state index contributed by atoms with van der Waals surface area (Å²) in [6.07, 6.45) is 0. The number of nitrogens with zero attached hydrogens (tertiary/aromatic N) is 2. The van der Waals surface area contributed by atoms with Crippen molar-refractivity contribution in [2.45, 2.75) is 4.90 Å². The molecule has 1 aromatic carbocycles. The van der Waals surface area contributed by atoms with Crippen molar-refractivity contribution in [2.24, 2.45) is 0 Å². The summed E-state index contributed by atoms with van der Waals surface area (Å²) in [5, 5.41) is 0.174. The van der Waals surface area contributed by atoms with Gasteiger partial charge in [0, 0.05) is 25.7 Å². The number of carbonyl (C=O) groups excluding carboxylic acids is 1. The van der Waals surface area contributed by atoms with Crippen LogP contribution in [0.4, 0.5) is 0 Å². The maximum atomic E-state index is 12.1. The van der Waals surface area contributed by atoms with Gasteiger partial charge in [0.1, 0.15) is 0 Å². The lowest BCUT2D eigenvalue weighted by molar-refractivity contribution is 0.0786. The fourth-order valence-electron chi connectivity index (χ4n) is 1.44. The van der Waals surface area contributed by atoms with E-state index in [1.54, 1.807) is 18.0 Å². The molecule has 1 unspecified atom stereocenters. The number of hydrogen-bond donors (Lipinski definition) is 1. The standard InChI is InChI=1S/C12H17ClN2O3S/c1-14(2)6-7-15(3)12(16)9-4-5-10(13)11(8-9)19(17)18/h4-5,8H,6-7H2,1-3H3,(H,17,18). The highest BCUT2D eigenvalue weighted by Gasteiger charge is 2.15. The van der Waals surface area contributed by atoms with Gasteiger partial charge in [-0.1, -0.05) is 11.6 Å². The number of benzene rings is 1. The molecule has 1 aromatic rings. The molecule has 0 radical (unpaired) electrons. The van der Waals surface area contributed by atoms with E-state index < -0.39 is 11.1 Å². The smallest absolute Gasteiger partial charge is 0.253 e. The summed E-state index contributed by atoms with van der Waals surface area (Å²) < 4.78 is 20.2. The first-order valence-electron chi connectivity index (χ1n) is 5.63. The van der Waals surface area contributed by atoms with Crippen LogP contribution in [0.2, 0.25) is 5.02 Å². The van der Waals surface area contributed by atoms with Gasteiger partial charge < -0.3 is 14.4 Å². The molecule has 19 heavy (non-hydrogen) atoms. The highest BCUT2D eigenvalue weighted by atomic mass is 35.5. The van der Waals surface area contributed by atoms with Crippen molar-refractivity contribution in [3.8, 4) is 0 Å². The Hall–Kier alpha value is -0.950. The van der Waals surface area contributed by atoms with Crippen LogP contribution < -0.4 is 0 Å². The van der Waals surface area contributed by atoms with Crippen LogP contribution in [0.3, 0.4) is 0 Å². The summed E-state index contributed by atoms with van der Waals surface area (Å²) in [5.41, 5.74) is 0.350. The minimum Gasteiger partial charge on any atom is -0.340 e. The predicted molar refractivity (Wildman–Crippen MR) is 76.0 cm³/mol. The highest BCUT2D eigenvalue weighted by molar-refractivity contribution is 7.79. The maximum absolute atomic E-state index is 12.1. The molecular weight excluding hydrogens is 288 g/mol. The first kappa shape index (κ1) is 16.1. The van der Waals surface area contributed by atoms with Gasteiger partial charge >= 0.3 is 0 Å². The molecule has 0 saturated carbocycles. The van der Waals surface area contributed by atoms with E-state index in [0.717, 1.165) is 6.54 Å². The fraction of sp³-hybridized carbons (Fsp3) is 0.417. The van der Waals surface area contributed by atoms with Crippen LogP contribution in [-0.4, -0.2) is 58.7 Å². The summed E-state index contributed by atoms with van der Waals surface area (Å²) in [6, 6.07) is 4.36. The van der Waals surface area contributed by atoms with E-state index in [4.69, 9.17) is 16.2 Å². The van der Waals surface area contributed by atoms with Crippen molar-refractivity contribution in [1.82, 2.24) is 9.80 Å². The molecule has 0 aliphatic heterocycles. The van der Waals surface area contributed by atoms with E-state index >= 15 is 0 Å². The second-order valence-electron chi connectivity index (χ2n) is 4.42. The average molecular weight is 305 g/mol. The Balaban J connectivity index is 2.88. The van der Waals surface area contributed by atoms with E-state index in [1.165, 1.54) is 12.1 Å². The van der Waals surface area contributed by atoms with Crippen molar-refractivity contribution in [3.63, 3.8) is 0 Å². The molecule has 0 aliphatic carbocycles. The van der Waals surface area contributed by atoms with Crippen molar-refractivity contribution in [2.75, 3.05) is 34.2 Å².